The zero-order valence-corrected chi connectivity index (χ0v) is 11.9. The Kier molecular flexibility index (Phi) is 5.27. The van der Waals surface area contributed by atoms with Crippen LogP contribution < -0.4 is 0 Å². The molecule has 1 saturated heterocycles. The summed E-state index contributed by atoms with van der Waals surface area (Å²) in [5.41, 5.74) is 0.902. The average molecular weight is 292 g/mol. The number of para-hydroxylation sites is 1. The predicted molar refractivity (Wildman–Crippen MR) is 78.2 cm³/mol. The number of carboxylic acid groups (broad SMARTS) is 1. The van der Waals surface area contributed by atoms with Crippen LogP contribution in [0.2, 0.25) is 0 Å². The van der Waals surface area contributed by atoms with Gasteiger partial charge in [-0.25, -0.2) is 0 Å². The summed E-state index contributed by atoms with van der Waals surface area (Å²) in [4.78, 5) is 23.6. The summed E-state index contributed by atoms with van der Waals surface area (Å²) in [6.45, 7) is 2.45. The van der Waals surface area contributed by atoms with Crippen molar-refractivity contribution in [1.82, 2.24) is 4.90 Å². The van der Waals surface area contributed by atoms with Crippen LogP contribution in [-0.2, 0) is 11.2 Å². The van der Waals surface area contributed by atoms with E-state index in [2.05, 4.69) is 4.90 Å². The second-order valence-corrected chi connectivity index (χ2v) is 5.54. The summed E-state index contributed by atoms with van der Waals surface area (Å²) in [5, 5.41) is 19.8. The van der Waals surface area contributed by atoms with Gasteiger partial charge in [-0.05, 0) is 31.7 Å². The van der Waals surface area contributed by atoms with E-state index >= 15 is 0 Å². The number of carboxylic acids is 1. The van der Waals surface area contributed by atoms with Gasteiger partial charge in [-0.3, -0.25) is 14.9 Å². The van der Waals surface area contributed by atoms with Gasteiger partial charge in [0.2, 0.25) is 0 Å². The minimum absolute atomic E-state index is 0.164. The fraction of sp³-hybridized carbons (Fsp3) is 0.533. The lowest BCUT2D eigenvalue weighted by molar-refractivity contribution is -0.385. The van der Waals surface area contributed by atoms with Crippen molar-refractivity contribution >= 4 is 11.7 Å². The monoisotopic (exact) mass is 292 g/mol. The van der Waals surface area contributed by atoms with Crippen LogP contribution >= 0.6 is 0 Å². The second kappa shape index (κ2) is 7.17. The summed E-state index contributed by atoms with van der Waals surface area (Å²) in [7, 11) is 0. The Morgan fingerprint density at radius 3 is 2.90 bits per heavy atom. The third-order valence-corrected chi connectivity index (χ3v) is 3.95. The number of hydrogen-bond acceptors (Lipinski definition) is 4. The molecule has 0 amide bonds. The molecule has 1 N–H and O–H groups in total. The lowest BCUT2D eigenvalue weighted by Gasteiger charge is -2.31. The highest BCUT2D eigenvalue weighted by molar-refractivity contribution is 5.67. The number of carbonyl (C=O) groups is 1. The molecule has 0 spiro atoms. The van der Waals surface area contributed by atoms with Gasteiger partial charge in [0.15, 0.2) is 0 Å². The molecule has 1 unspecified atom stereocenters. The van der Waals surface area contributed by atoms with Crippen LogP contribution in [0.15, 0.2) is 24.3 Å². The fourth-order valence-electron chi connectivity index (χ4n) is 2.95. The van der Waals surface area contributed by atoms with Gasteiger partial charge in [0.25, 0.3) is 5.69 Å². The Morgan fingerprint density at radius 1 is 1.43 bits per heavy atom. The summed E-state index contributed by atoms with van der Waals surface area (Å²) in [6, 6.07) is 6.80. The van der Waals surface area contributed by atoms with Crippen molar-refractivity contribution in [1.29, 1.82) is 0 Å². The molecule has 0 bridgehead atoms. The Bertz CT molecular complexity index is 518. The SMILES string of the molecule is O=C(O)CC1CCCN(CCc2ccccc2[N+](=O)[O-])C1. The van der Waals surface area contributed by atoms with Crippen LogP contribution in [-0.4, -0.2) is 40.5 Å². The Hall–Kier alpha value is -1.95. The molecule has 2 rings (SSSR count). The molecule has 1 heterocycles. The molecule has 0 aromatic heterocycles. The van der Waals surface area contributed by atoms with Crippen LogP contribution in [0.4, 0.5) is 5.69 Å². The molecule has 1 atom stereocenters. The smallest absolute Gasteiger partial charge is 0.303 e. The van der Waals surface area contributed by atoms with Crippen molar-refractivity contribution < 1.29 is 14.8 Å². The van der Waals surface area contributed by atoms with Gasteiger partial charge in [0.1, 0.15) is 0 Å². The highest BCUT2D eigenvalue weighted by Crippen LogP contribution is 2.22. The second-order valence-electron chi connectivity index (χ2n) is 5.54. The Balaban J connectivity index is 1.91. The van der Waals surface area contributed by atoms with E-state index in [-0.39, 0.29) is 22.9 Å². The first-order chi connectivity index (χ1) is 10.1. The van der Waals surface area contributed by atoms with Gasteiger partial charge in [-0.15, -0.1) is 0 Å². The lowest BCUT2D eigenvalue weighted by Crippen LogP contribution is -2.37. The standard InChI is InChI=1S/C15H20N2O4/c18-15(19)10-12-4-3-8-16(11-12)9-7-13-5-1-2-6-14(13)17(20)21/h1-2,5-6,12H,3-4,7-11H2,(H,18,19). The fourth-order valence-corrected chi connectivity index (χ4v) is 2.95. The molecule has 114 valence electrons. The van der Waals surface area contributed by atoms with E-state index in [4.69, 9.17) is 5.11 Å². The van der Waals surface area contributed by atoms with Crippen LogP contribution in [0.25, 0.3) is 0 Å². The van der Waals surface area contributed by atoms with E-state index in [9.17, 15) is 14.9 Å². The number of rotatable bonds is 6. The van der Waals surface area contributed by atoms with E-state index in [1.807, 2.05) is 6.07 Å². The third-order valence-electron chi connectivity index (χ3n) is 3.95. The van der Waals surface area contributed by atoms with Crippen molar-refractivity contribution in [3.63, 3.8) is 0 Å². The van der Waals surface area contributed by atoms with Crippen molar-refractivity contribution in [3.05, 3.63) is 39.9 Å². The first-order valence-corrected chi connectivity index (χ1v) is 7.22. The van der Waals surface area contributed by atoms with Crippen LogP contribution in [0.5, 0.6) is 0 Å². The number of benzene rings is 1. The molecule has 21 heavy (non-hydrogen) atoms. The van der Waals surface area contributed by atoms with Crippen molar-refractivity contribution in [2.45, 2.75) is 25.7 Å². The number of piperidine rings is 1. The molecule has 1 aliphatic heterocycles. The lowest BCUT2D eigenvalue weighted by atomic mass is 9.94. The molecule has 1 aromatic rings. The summed E-state index contributed by atoms with van der Waals surface area (Å²) in [5.74, 6) is -0.553. The van der Waals surface area contributed by atoms with Gasteiger partial charge in [0, 0.05) is 31.1 Å². The van der Waals surface area contributed by atoms with Crippen molar-refractivity contribution in [2.75, 3.05) is 19.6 Å². The van der Waals surface area contributed by atoms with Crippen LogP contribution in [0.1, 0.15) is 24.8 Å². The van der Waals surface area contributed by atoms with E-state index < -0.39 is 5.97 Å². The van der Waals surface area contributed by atoms with Crippen molar-refractivity contribution in [2.24, 2.45) is 5.92 Å². The topological polar surface area (TPSA) is 83.7 Å². The van der Waals surface area contributed by atoms with Gasteiger partial charge in [-0.1, -0.05) is 18.2 Å². The largest absolute Gasteiger partial charge is 0.481 e. The number of likely N-dealkylation sites (tertiary alicyclic amines) is 1. The van der Waals surface area contributed by atoms with Gasteiger partial charge in [-0.2, -0.15) is 0 Å². The molecule has 6 heteroatoms. The van der Waals surface area contributed by atoms with Crippen LogP contribution in [0.3, 0.4) is 0 Å². The molecular formula is C15H20N2O4. The molecular weight excluding hydrogens is 272 g/mol. The summed E-state index contributed by atoms with van der Waals surface area (Å²) >= 11 is 0. The molecule has 0 radical (unpaired) electrons. The maximum absolute atomic E-state index is 11.0. The zero-order chi connectivity index (χ0) is 15.2. The molecule has 1 aromatic carbocycles. The van der Waals surface area contributed by atoms with Gasteiger partial charge < -0.3 is 10.0 Å². The molecule has 1 aliphatic rings. The minimum atomic E-state index is -0.749. The summed E-state index contributed by atoms with van der Waals surface area (Å²) < 4.78 is 0. The summed E-state index contributed by atoms with van der Waals surface area (Å²) in [6.07, 6.45) is 2.78. The van der Waals surface area contributed by atoms with Gasteiger partial charge >= 0.3 is 5.97 Å². The number of nitro groups is 1. The predicted octanol–water partition coefficient (Wildman–Crippen LogP) is 2.32. The number of nitrogens with zero attached hydrogens (tertiary/aromatic N) is 2. The molecule has 1 fully saturated rings. The van der Waals surface area contributed by atoms with E-state index in [0.29, 0.717) is 6.42 Å². The first kappa shape index (κ1) is 15.4. The number of aliphatic carboxylic acids is 1. The van der Waals surface area contributed by atoms with Crippen molar-refractivity contribution in [3.8, 4) is 0 Å². The Labute approximate surface area is 123 Å². The molecule has 0 aliphatic carbocycles. The highest BCUT2D eigenvalue weighted by atomic mass is 16.6. The van der Waals surface area contributed by atoms with E-state index in [1.165, 1.54) is 6.07 Å². The average Bonchev–Trinajstić information content (AvgIpc) is 2.45. The first-order valence-electron chi connectivity index (χ1n) is 7.22. The minimum Gasteiger partial charge on any atom is -0.481 e. The highest BCUT2D eigenvalue weighted by Gasteiger charge is 2.22. The van der Waals surface area contributed by atoms with E-state index in [1.54, 1.807) is 12.1 Å². The van der Waals surface area contributed by atoms with Crippen LogP contribution in [0, 0.1) is 16.0 Å². The van der Waals surface area contributed by atoms with E-state index in [0.717, 1.165) is 38.0 Å². The maximum atomic E-state index is 11.0. The number of nitro benzene ring substituents is 1. The molecule has 6 nitrogen and oxygen atoms in total. The molecule has 0 saturated carbocycles. The Morgan fingerprint density at radius 2 is 2.19 bits per heavy atom. The van der Waals surface area contributed by atoms with Gasteiger partial charge in [0.05, 0.1) is 4.92 Å². The number of hydrogen-bond donors (Lipinski definition) is 1. The normalized spacial score (nSPS) is 19.3. The third kappa shape index (κ3) is 4.53. The maximum Gasteiger partial charge on any atom is 0.303 e. The quantitative estimate of drug-likeness (QED) is 0.642. The zero-order valence-electron chi connectivity index (χ0n) is 11.9.